The van der Waals surface area contributed by atoms with E-state index in [1.54, 1.807) is 11.3 Å². The van der Waals surface area contributed by atoms with Crippen LogP contribution in [0.5, 0.6) is 0 Å². The fraction of sp³-hybridized carbons (Fsp3) is 0.400. The van der Waals surface area contributed by atoms with Gasteiger partial charge in [0.2, 0.25) is 0 Å². The van der Waals surface area contributed by atoms with E-state index >= 15 is 0 Å². The van der Waals surface area contributed by atoms with Crippen molar-refractivity contribution in [3.63, 3.8) is 0 Å². The van der Waals surface area contributed by atoms with Crippen molar-refractivity contribution in [2.75, 3.05) is 13.1 Å². The van der Waals surface area contributed by atoms with Crippen LogP contribution in [-0.4, -0.2) is 33.3 Å². The Balaban J connectivity index is 1.63. The Kier molecular flexibility index (Phi) is 3.36. The first-order valence-electron chi connectivity index (χ1n) is 7.27. The van der Waals surface area contributed by atoms with Crippen molar-refractivity contribution in [1.29, 1.82) is 5.26 Å². The van der Waals surface area contributed by atoms with Crippen LogP contribution in [0.1, 0.15) is 28.9 Å². The highest BCUT2D eigenvalue weighted by Gasteiger charge is 2.28. The molecule has 0 spiro atoms. The quantitative estimate of drug-likeness (QED) is 0.720. The molecular weight excluding hydrogens is 316 g/mol. The lowest BCUT2D eigenvalue weighted by atomic mass is 10.3. The average Bonchev–Trinajstić information content (AvgIpc) is 2.93. The summed E-state index contributed by atoms with van der Waals surface area (Å²) in [7, 11) is 0. The smallest absolute Gasteiger partial charge is 0.264 e. The first-order valence-corrected chi connectivity index (χ1v) is 8.97. The summed E-state index contributed by atoms with van der Waals surface area (Å²) in [6.45, 7) is 1.29. The summed E-state index contributed by atoms with van der Waals surface area (Å²) in [6, 6.07) is 4.07. The standard InChI is InChI=1S/C15H14N4OS2/c16-4-1-5-18(9-10-2-3-10)14(20)12-8-11-13(22-12)17-15-19(11)6-7-21-15/h6-8,10H,1-3,5,9H2. The van der Waals surface area contributed by atoms with Crippen molar-refractivity contribution in [3.05, 3.63) is 22.5 Å². The molecule has 0 aliphatic heterocycles. The monoisotopic (exact) mass is 330 g/mol. The van der Waals surface area contributed by atoms with Crippen LogP contribution in [0, 0.1) is 17.2 Å². The Labute approximate surface area is 135 Å². The Bertz CT molecular complexity index is 880. The second-order valence-corrected chi connectivity index (χ2v) is 7.47. The molecule has 0 radical (unpaired) electrons. The van der Waals surface area contributed by atoms with Gasteiger partial charge in [0, 0.05) is 24.7 Å². The van der Waals surface area contributed by atoms with E-state index in [9.17, 15) is 4.79 Å². The lowest BCUT2D eigenvalue weighted by Crippen LogP contribution is -2.33. The molecule has 0 aromatic carbocycles. The molecule has 1 amide bonds. The van der Waals surface area contributed by atoms with Crippen molar-refractivity contribution in [1.82, 2.24) is 14.3 Å². The highest BCUT2D eigenvalue weighted by molar-refractivity contribution is 7.21. The fourth-order valence-corrected chi connectivity index (χ4v) is 4.35. The lowest BCUT2D eigenvalue weighted by Gasteiger charge is -2.20. The van der Waals surface area contributed by atoms with E-state index < -0.39 is 0 Å². The van der Waals surface area contributed by atoms with Gasteiger partial charge in [0.1, 0.15) is 4.83 Å². The molecule has 1 fully saturated rings. The van der Waals surface area contributed by atoms with Crippen LogP contribution in [0.4, 0.5) is 0 Å². The van der Waals surface area contributed by atoms with Gasteiger partial charge < -0.3 is 4.90 Å². The molecule has 1 saturated carbocycles. The third kappa shape index (κ3) is 2.38. The maximum Gasteiger partial charge on any atom is 0.264 e. The molecular formula is C15H14N4OS2. The molecule has 4 rings (SSSR count). The lowest BCUT2D eigenvalue weighted by molar-refractivity contribution is 0.0756. The number of carbonyl (C=O) groups is 1. The largest absolute Gasteiger partial charge is 0.337 e. The summed E-state index contributed by atoms with van der Waals surface area (Å²) in [5.74, 6) is 0.658. The van der Waals surface area contributed by atoms with Gasteiger partial charge in [-0.15, -0.1) is 22.7 Å². The zero-order valence-electron chi connectivity index (χ0n) is 11.9. The molecule has 1 aliphatic carbocycles. The number of imidazole rings is 1. The number of hydrogen-bond donors (Lipinski definition) is 0. The molecule has 7 heteroatoms. The van der Waals surface area contributed by atoms with Crippen molar-refractivity contribution in [3.8, 4) is 6.07 Å². The number of nitrogens with zero attached hydrogens (tertiary/aromatic N) is 4. The molecule has 112 valence electrons. The van der Waals surface area contributed by atoms with Gasteiger partial charge in [-0.05, 0) is 24.8 Å². The minimum Gasteiger partial charge on any atom is -0.337 e. The number of rotatable bonds is 5. The number of thiophene rings is 1. The summed E-state index contributed by atoms with van der Waals surface area (Å²) < 4.78 is 2.02. The number of hydrogen-bond acceptors (Lipinski definition) is 5. The number of fused-ring (bicyclic) bond motifs is 3. The highest BCUT2D eigenvalue weighted by Crippen LogP contribution is 2.32. The molecule has 3 aromatic rings. The number of amides is 1. The first-order chi connectivity index (χ1) is 10.8. The minimum absolute atomic E-state index is 0.0362. The van der Waals surface area contributed by atoms with Gasteiger partial charge in [0.15, 0.2) is 4.96 Å². The molecule has 3 heterocycles. The van der Waals surface area contributed by atoms with Crippen LogP contribution in [0.25, 0.3) is 15.3 Å². The van der Waals surface area contributed by atoms with Gasteiger partial charge in [0.25, 0.3) is 5.91 Å². The van der Waals surface area contributed by atoms with Crippen molar-refractivity contribution >= 4 is 43.9 Å². The molecule has 0 saturated heterocycles. The number of nitriles is 1. The third-order valence-corrected chi connectivity index (χ3v) is 5.67. The summed E-state index contributed by atoms with van der Waals surface area (Å²) in [5.41, 5.74) is 0.997. The van der Waals surface area contributed by atoms with Gasteiger partial charge in [-0.3, -0.25) is 9.20 Å². The molecule has 0 unspecified atom stereocenters. The molecule has 22 heavy (non-hydrogen) atoms. The van der Waals surface area contributed by atoms with Crippen LogP contribution in [0.15, 0.2) is 17.6 Å². The van der Waals surface area contributed by atoms with Crippen LogP contribution in [0.2, 0.25) is 0 Å². The normalized spacial score (nSPS) is 14.5. The summed E-state index contributed by atoms with van der Waals surface area (Å²) in [4.78, 5) is 21.7. The second kappa shape index (κ2) is 5.38. The minimum atomic E-state index is 0.0362. The average molecular weight is 330 g/mol. The maximum absolute atomic E-state index is 12.7. The predicted molar refractivity (Wildman–Crippen MR) is 87.3 cm³/mol. The van der Waals surface area contributed by atoms with Crippen LogP contribution >= 0.6 is 22.7 Å². The molecule has 0 N–H and O–H groups in total. The summed E-state index contributed by atoms with van der Waals surface area (Å²) >= 11 is 3.04. The molecule has 5 nitrogen and oxygen atoms in total. The zero-order chi connectivity index (χ0) is 15.1. The van der Waals surface area contributed by atoms with Crippen molar-refractivity contribution in [2.24, 2.45) is 5.92 Å². The number of thiazole rings is 1. The number of aromatic nitrogens is 2. The molecule has 0 atom stereocenters. The Morgan fingerprint density at radius 2 is 2.41 bits per heavy atom. The first kappa shape index (κ1) is 13.7. The van der Waals surface area contributed by atoms with Crippen LogP contribution in [0.3, 0.4) is 0 Å². The van der Waals surface area contributed by atoms with Gasteiger partial charge in [0.05, 0.1) is 22.9 Å². The third-order valence-electron chi connectivity index (χ3n) is 3.91. The number of carbonyl (C=O) groups excluding carboxylic acids is 1. The van der Waals surface area contributed by atoms with E-state index in [2.05, 4.69) is 11.1 Å². The van der Waals surface area contributed by atoms with E-state index in [-0.39, 0.29) is 5.91 Å². The SMILES string of the molecule is N#CCCN(CC1CC1)C(=O)c1cc2c(nc3sccn32)s1. The Morgan fingerprint density at radius 1 is 1.55 bits per heavy atom. The predicted octanol–water partition coefficient (Wildman–Crippen LogP) is 3.38. The van der Waals surface area contributed by atoms with Gasteiger partial charge in [-0.25, -0.2) is 4.98 Å². The zero-order valence-corrected chi connectivity index (χ0v) is 13.5. The van der Waals surface area contributed by atoms with Crippen molar-refractivity contribution in [2.45, 2.75) is 19.3 Å². The highest BCUT2D eigenvalue weighted by atomic mass is 32.1. The van der Waals surface area contributed by atoms with E-state index in [1.807, 2.05) is 26.9 Å². The topological polar surface area (TPSA) is 61.4 Å². The molecule has 3 aromatic heterocycles. The van der Waals surface area contributed by atoms with Crippen molar-refractivity contribution < 1.29 is 4.79 Å². The summed E-state index contributed by atoms with van der Waals surface area (Å²) in [5, 5.41) is 10.8. The Hall–Kier alpha value is -1.91. The van der Waals surface area contributed by atoms with Gasteiger partial charge in [-0.2, -0.15) is 5.26 Å². The van der Waals surface area contributed by atoms with Gasteiger partial charge in [-0.1, -0.05) is 0 Å². The maximum atomic E-state index is 12.7. The van der Waals surface area contributed by atoms with Gasteiger partial charge >= 0.3 is 0 Å². The van der Waals surface area contributed by atoms with E-state index in [0.29, 0.717) is 18.9 Å². The van der Waals surface area contributed by atoms with Crippen LogP contribution < -0.4 is 0 Å². The second-order valence-electron chi connectivity index (χ2n) is 5.57. The molecule has 1 aliphatic rings. The van der Waals surface area contributed by atoms with Crippen LogP contribution in [-0.2, 0) is 0 Å². The fourth-order valence-electron chi connectivity index (χ4n) is 2.58. The Morgan fingerprint density at radius 3 is 3.18 bits per heavy atom. The summed E-state index contributed by atoms with van der Waals surface area (Å²) in [6.07, 6.45) is 4.76. The van der Waals surface area contributed by atoms with E-state index in [0.717, 1.165) is 26.7 Å². The van der Waals surface area contributed by atoms with E-state index in [4.69, 9.17) is 5.26 Å². The molecule has 0 bridgehead atoms. The van der Waals surface area contributed by atoms with E-state index in [1.165, 1.54) is 24.2 Å².